The van der Waals surface area contributed by atoms with Gasteiger partial charge in [-0.1, -0.05) is 54.5 Å². The molecule has 0 aliphatic carbocycles. The molecule has 0 aromatic carbocycles. The van der Waals surface area contributed by atoms with E-state index in [1.807, 2.05) is 0 Å². The maximum Gasteiger partial charge on any atom is 0.104 e. The van der Waals surface area contributed by atoms with Crippen LogP contribution >= 0.6 is 15.9 Å². The molecule has 0 amide bonds. The van der Waals surface area contributed by atoms with Crippen molar-refractivity contribution in [1.82, 2.24) is 0 Å². The van der Waals surface area contributed by atoms with Gasteiger partial charge in [-0.25, -0.2) is 0 Å². The largest absolute Gasteiger partial charge is 0.379 e. The summed E-state index contributed by atoms with van der Waals surface area (Å²) in [6.45, 7) is 2.64. The first-order valence-electron chi connectivity index (χ1n) is 6.69. The number of unbranched alkanes of at least 4 members (excludes halogenated alkanes) is 7. The average molecular weight is 293 g/mol. The first-order valence-corrected chi connectivity index (χ1v) is 7.81. The lowest BCUT2D eigenvalue weighted by Crippen LogP contribution is -2.02. The van der Waals surface area contributed by atoms with E-state index in [0.29, 0.717) is 6.10 Å². The van der Waals surface area contributed by atoms with Crippen LogP contribution in [0.5, 0.6) is 0 Å². The minimum absolute atomic E-state index is 0.425. The van der Waals surface area contributed by atoms with Crippen molar-refractivity contribution in [3.63, 3.8) is 0 Å². The molecule has 1 aliphatic rings. The fourth-order valence-electron chi connectivity index (χ4n) is 1.74. The molecule has 3 heteroatoms. The molecule has 0 N–H and O–H groups in total. The van der Waals surface area contributed by atoms with Crippen molar-refractivity contribution in [3.8, 4) is 0 Å². The summed E-state index contributed by atoms with van der Waals surface area (Å²) in [4.78, 5) is 0. The summed E-state index contributed by atoms with van der Waals surface area (Å²) in [6, 6.07) is 0. The molecule has 1 rings (SSSR count). The SMILES string of the molecule is BrCCCCCCCCCCOCC1CO1. The monoisotopic (exact) mass is 292 g/mol. The Balaban J connectivity index is 1.61. The van der Waals surface area contributed by atoms with Gasteiger partial charge in [0.25, 0.3) is 0 Å². The minimum atomic E-state index is 0.425. The number of hydrogen-bond acceptors (Lipinski definition) is 2. The molecule has 16 heavy (non-hydrogen) atoms. The van der Waals surface area contributed by atoms with E-state index in [-0.39, 0.29) is 0 Å². The lowest BCUT2D eigenvalue weighted by molar-refractivity contribution is 0.113. The molecule has 0 spiro atoms. The van der Waals surface area contributed by atoms with Crippen LogP contribution in [0.15, 0.2) is 0 Å². The second kappa shape index (κ2) is 10.5. The second-order valence-corrected chi connectivity index (χ2v) is 5.34. The molecule has 1 saturated heterocycles. The highest BCUT2D eigenvalue weighted by atomic mass is 79.9. The van der Waals surface area contributed by atoms with Crippen molar-refractivity contribution in [1.29, 1.82) is 0 Å². The van der Waals surface area contributed by atoms with Gasteiger partial charge in [-0.15, -0.1) is 0 Å². The van der Waals surface area contributed by atoms with E-state index in [0.717, 1.165) is 25.2 Å². The molecule has 1 fully saturated rings. The van der Waals surface area contributed by atoms with Crippen molar-refractivity contribution in [3.05, 3.63) is 0 Å². The lowest BCUT2D eigenvalue weighted by atomic mass is 10.1. The summed E-state index contributed by atoms with van der Waals surface area (Å²) >= 11 is 3.46. The van der Waals surface area contributed by atoms with Gasteiger partial charge in [0.15, 0.2) is 0 Å². The van der Waals surface area contributed by atoms with Gasteiger partial charge >= 0.3 is 0 Å². The van der Waals surface area contributed by atoms with Gasteiger partial charge in [0.2, 0.25) is 0 Å². The Morgan fingerprint density at radius 2 is 1.50 bits per heavy atom. The Kier molecular flexibility index (Phi) is 9.53. The maximum atomic E-state index is 5.49. The second-order valence-electron chi connectivity index (χ2n) is 4.55. The molecule has 1 heterocycles. The molecule has 0 bridgehead atoms. The number of alkyl halides is 1. The minimum Gasteiger partial charge on any atom is -0.379 e. The molecule has 0 saturated carbocycles. The first-order chi connectivity index (χ1) is 7.93. The molecule has 96 valence electrons. The van der Waals surface area contributed by atoms with E-state index >= 15 is 0 Å². The molecular weight excluding hydrogens is 268 g/mol. The number of halogens is 1. The Morgan fingerprint density at radius 3 is 2.06 bits per heavy atom. The van der Waals surface area contributed by atoms with E-state index < -0.39 is 0 Å². The molecule has 0 radical (unpaired) electrons. The van der Waals surface area contributed by atoms with Crippen molar-refractivity contribution in [2.45, 2.75) is 57.5 Å². The molecule has 0 aromatic heterocycles. The third kappa shape index (κ3) is 9.61. The molecule has 2 nitrogen and oxygen atoms in total. The quantitative estimate of drug-likeness (QED) is 0.309. The van der Waals surface area contributed by atoms with E-state index in [4.69, 9.17) is 9.47 Å². The highest BCUT2D eigenvalue weighted by molar-refractivity contribution is 9.09. The van der Waals surface area contributed by atoms with Crippen LogP contribution in [0.4, 0.5) is 0 Å². The van der Waals surface area contributed by atoms with Crippen LogP contribution in [0.3, 0.4) is 0 Å². The Morgan fingerprint density at radius 1 is 0.938 bits per heavy atom. The van der Waals surface area contributed by atoms with Gasteiger partial charge in [-0.05, 0) is 12.8 Å². The zero-order chi connectivity index (χ0) is 11.5. The van der Waals surface area contributed by atoms with E-state index in [1.165, 1.54) is 51.4 Å². The number of rotatable bonds is 12. The third-order valence-electron chi connectivity index (χ3n) is 2.88. The normalized spacial score (nSPS) is 18.9. The average Bonchev–Trinajstić information content (AvgIpc) is 3.10. The van der Waals surface area contributed by atoms with Crippen molar-refractivity contribution in [2.75, 3.05) is 25.2 Å². The Bertz CT molecular complexity index is 149. The Hall–Kier alpha value is 0.400. The molecular formula is C13H25BrO2. The summed E-state index contributed by atoms with van der Waals surface area (Å²) < 4.78 is 10.6. The summed E-state index contributed by atoms with van der Waals surface area (Å²) in [5.41, 5.74) is 0. The van der Waals surface area contributed by atoms with Gasteiger partial charge in [0.1, 0.15) is 6.10 Å². The van der Waals surface area contributed by atoms with Crippen LogP contribution in [0, 0.1) is 0 Å². The van der Waals surface area contributed by atoms with Crippen LogP contribution in [0.2, 0.25) is 0 Å². The fourth-order valence-corrected chi connectivity index (χ4v) is 2.13. The fraction of sp³-hybridized carbons (Fsp3) is 1.00. The van der Waals surface area contributed by atoms with Crippen LogP contribution in [-0.4, -0.2) is 31.3 Å². The highest BCUT2D eigenvalue weighted by Crippen LogP contribution is 2.11. The van der Waals surface area contributed by atoms with E-state index in [2.05, 4.69) is 15.9 Å². The van der Waals surface area contributed by atoms with Crippen molar-refractivity contribution >= 4 is 15.9 Å². The van der Waals surface area contributed by atoms with Crippen molar-refractivity contribution in [2.24, 2.45) is 0 Å². The zero-order valence-electron chi connectivity index (χ0n) is 10.3. The number of ether oxygens (including phenoxy) is 2. The summed E-state index contributed by atoms with van der Waals surface area (Å²) in [6.07, 6.45) is 11.3. The zero-order valence-corrected chi connectivity index (χ0v) is 11.8. The maximum absolute atomic E-state index is 5.49. The van der Waals surface area contributed by atoms with E-state index in [9.17, 15) is 0 Å². The molecule has 1 atom stereocenters. The van der Waals surface area contributed by atoms with Gasteiger partial charge in [0.05, 0.1) is 13.2 Å². The third-order valence-corrected chi connectivity index (χ3v) is 3.44. The van der Waals surface area contributed by atoms with Gasteiger partial charge in [-0.3, -0.25) is 0 Å². The van der Waals surface area contributed by atoms with Crippen LogP contribution < -0.4 is 0 Å². The van der Waals surface area contributed by atoms with Gasteiger partial charge in [-0.2, -0.15) is 0 Å². The standard InChI is InChI=1S/C13H25BrO2/c14-9-7-5-3-1-2-4-6-8-10-15-11-13-12-16-13/h13H,1-12H2. The predicted octanol–water partition coefficient (Wildman–Crippen LogP) is 3.92. The summed E-state index contributed by atoms with van der Waals surface area (Å²) in [7, 11) is 0. The molecule has 1 aliphatic heterocycles. The van der Waals surface area contributed by atoms with Crippen LogP contribution in [-0.2, 0) is 9.47 Å². The summed E-state index contributed by atoms with van der Waals surface area (Å²) in [5.74, 6) is 0. The van der Waals surface area contributed by atoms with Gasteiger partial charge in [0, 0.05) is 11.9 Å². The summed E-state index contributed by atoms with van der Waals surface area (Å²) in [5, 5.41) is 1.16. The number of hydrogen-bond donors (Lipinski definition) is 0. The van der Waals surface area contributed by atoms with E-state index in [1.54, 1.807) is 0 Å². The smallest absolute Gasteiger partial charge is 0.104 e. The van der Waals surface area contributed by atoms with Gasteiger partial charge < -0.3 is 9.47 Å². The molecule has 1 unspecified atom stereocenters. The van der Waals surface area contributed by atoms with Crippen molar-refractivity contribution < 1.29 is 9.47 Å². The highest BCUT2D eigenvalue weighted by Gasteiger charge is 2.21. The Labute approximate surface area is 108 Å². The first kappa shape index (κ1) is 14.5. The topological polar surface area (TPSA) is 21.8 Å². The number of epoxide rings is 1. The van der Waals surface area contributed by atoms with Crippen LogP contribution in [0.25, 0.3) is 0 Å². The predicted molar refractivity (Wildman–Crippen MR) is 71.3 cm³/mol. The lowest BCUT2D eigenvalue weighted by Gasteiger charge is -2.02. The molecule has 0 aromatic rings. The van der Waals surface area contributed by atoms with Crippen LogP contribution in [0.1, 0.15) is 51.4 Å².